The van der Waals surface area contributed by atoms with E-state index < -0.39 is 102 Å². The predicted octanol–water partition coefficient (Wildman–Crippen LogP) is 3.10. The van der Waals surface area contributed by atoms with E-state index in [1.807, 2.05) is 13.8 Å². The molecule has 3 aliphatic rings. The first-order chi connectivity index (χ1) is 25.6. The van der Waals surface area contributed by atoms with Crippen molar-refractivity contribution in [1.82, 2.24) is 31.1 Å². The van der Waals surface area contributed by atoms with Crippen LogP contribution < -0.4 is 21.3 Å². The number of benzene rings is 1. The maximum absolute atomic E-state index is 14.3. The lowest BCUT2D eigenvalue weighted by Crippen LogP contribution is -2.60. The Hall–Kier alpha value is -4.63. The van der Waals surface area contributed by atoms with Crippen LogP contribution in [0.5, 0.6) is 0 Å². The minimum Gasteiger partial charge on any atom is -0.444 e. The van der Waals surface area contributed by atoms with Gasteiger partial charge < -0.3 is 35.8 Å². The van der Waals surface area contributed by atoms with Gasteiger partial charge in [-0.2, -0.15) is 0 Å². The van der Waals surface area contributed by atoms with E-state index in [0.29, 0.717) is 12.0 Å². The largest absolute Gasteiger partial charge is 0.444 e. The standard InChI is InChI=1S/C39H56F2N6O8/c1-9-13-25(31(49)33(51)42-20-26(48)44-28(34(52)46(7)8)22-14-11-10-12-15-22)43-32(50)30-27-24(38(27,5)6)21-47(30)35(53)29(45-36(54)55-37(2,3)4)23-16-18-39(40,41)19-17-23/h10-12,14-15,23-25,27-30H,9,13,16-21H2,1-8H3,(H,42,51)(H,43,50)(H,44,48)(H,45,54)/t24-,25?,27-,28-,29-,30-/m0/s1. The Morgan fingerprint density at radius 2 is 1.58 bits per heavy atom. The lowest BCUT2D eigenvalue weighted by molar-refractivity contribution is -0.145. The Morgan fingerprint density at radius 3 is 2.15 bits per heavy atom. The molecule has 1 heterocycles. The van der Waals surface area contributed by atoms with Gasteiger partial charge in [-0.05, 0) is 68.8 Å². The summed E-state index contributed by atoms with van der Waals surface area (Å²) in [7, 11) is 3.08. The first kappa shape index (κ1) is 43.1. The molecule has 2 aliphatic carbocycles. The van der Waals surface area contributed by atoms with Gasteiger partial charge in [0.05, 0.1) is 12.6 Å². The molecule has 0 aromatic heterocycles. The molecule has 1 aliphatic heterocycles. The number of piperidine rings is 1. The minimum absolute atomic E-state index is 0.0264. The molecular weight excluding hydrogens is 718 g/mol. The second-order valence-electron chi connectivity index (χ2n) is 16.7. The van der Waals surface area contributed by atoms with E-state index in [1.54, 1.807) is 58.0 Å². The first-order valence-corrected chi connectivity index (χ1v) is 18.9. The Bertz CT molecular complexity index is 1620. The lowest BCUT2D eigenvalue weighted by Gasteiger charge is -2.38. The van der Waals surface area contributed by atoms with Crippen molar-refractivity contribution < 1.29 is 47.1 Å². The van der Waals surface area contributed by atoms with E-state index in [9.17, 15) is 42.3 Å². The van der Waals surface area contributed by atoms with Gasteiger partial charge in [0.15, 0.2) is 0 Å². The van der Waals surface area contributed by atoms with Crippen LogP contribution in [0.3, 0.4) is 0 Å². The molecule has 304 valence electrons. The summed E-state index contributed by atoms with van der Waals surface area (Å²) in [5.74, 6) is -8.41. The molecule has 2 saturated carbocycles. The highest BCUT2D eigenvalue weighted by atomic mass is 19.3. The molecule has 4 N–H and O–H groups in total. The monoisotopic (exact) mass is 774 g/mol. The van der Waals surface area contributed by atoms with Gasteiger partial charge in [-0.15, -0.1) is 0 Å². The summed E-state index contributed by atoms with van der Waals surface area (Å²) in [4.78, 5) is 96.3. The summed E-state index contributed by atoms with van der Waals surface area (Å²) in [5.41, 5.74) is -0.707. The summed E-state index contributed by atoms with van der Waals surface area (Å²) in [6.45, 7) is 10.2. The van der Waals surface area contributed by atoms with Crippen LogP contribution in [-0.4, -0.2) is 108 Å². The number of hydrogen-bond donors (Lipinski definition) is 4. The molecule has 1 unspecified atom stereocenters. The molecule has 1 aromatic carbocycles. The van der Waals surface area contributed by atoms with Crippen molar-refractivity contribution >= 4 is 41.4 Å². The number of ketones is 1. The number of nitrogens with one attached hydrogen (secondary N) is 4. The van der Waals surface area contributed by atoms with Crippen LogP contribution in [-0.2, 0) is 33.5 Å². The van der Waals surface area contributed by atoms with Crippen LogP contribution in [0, 0.1) is 23.2 Å². The molecule has 4 rings (SSSR count). The zero-order valence-corrected chi connectivity index (χ0v) is 33.0. The van der Waals surface area contributed by atoms with E-state index in [1.165, 1.54) is 23.9 Å². The molecule has 55 heavy (non-hydrogen) atoms. The molecule has 1 saturated heterocycles. The second-order valence-corrected chi connectivity index (χ2v) is 16.7. The molecule has 0 radical (unpaired) electrons. The number of carbonyl (C=O) groups excluding carboxylic acids is 7. The maximum Gasteiger partial charge on any atom is 0.408 e. The highest BCUT2D eigenvalue weighted by molar-refractivity contribution is 6.38. The van der Waals surface area contributed by atoms with Crippen molar-refractivity contribution in [2.75, 3.05) is 27.2 Å². The average molecular weight is 775 g/mol. The lowest BCUT2D eigenvalue weighted by atomic mass is 9.81. The number of hydrogen-bond acceptors (Lipinski definition) is 8. The number of likely N-dealkylation sites (N-methyl/N-ethyl adjacent to an activating group) is 1. The fraction of sp³-hybridized carbons (Fsp3) is 0.667. The van der Waals surface area contributed by atoms with Crippen molar-refractivity contribution in [2.45, 2.75) is 116 Å². The van der Waals surface area contributed by atoms with Crippen molar-refractivity contribution in [3.63, 3.8) is 0 Å². The van der Waals surface area contributed by atoms with Crippen LogP contribution in [0.2, 0.25) is 0 Å². The number of amides is 6. The fourth-order valence-corrected chi connectivity index (χ4v) is 7.83. The van der Waals surface area contributed by atoms with Gasteiger partial charge in [0.1, 0.15) is 23.7 Å². The third kappa shape index (κ3) is 10.6. The predicted molar refractivity (Wildman–Crippen MR) is 197 cm³/mol. The van der Waals surface area contributed by atoms with E-state index in [0.717, 1.165) is 0 Å². The summed E-state index contributed by atoms with van der Waals surface area (Å²) in [5, 5.41) is 10.2. The number of likely N-dealkylation sites (tertiary alicyclic amines) is 1. The third-order valence-electron chi connectivity index (χ3n) is 10.9. The normalized spacial score (nSPS) is 22.9. The SMILES string of the molecule is CCCC(NC(=O)[C@@H]1[C@@H]2[C@H](CN1C(=O)[C@@H](NC(=O)OC(C)(C)C)C1CCC(F)(F)CC1)C2(C)C)C(=O)C(=O)NCC(=O)N[C@H](C(=O)N(C)C)c1ccccc1. The van der Waals surface area contributed by atoms with Crippen LogP contribution >= 0.6 is 0 Å². The minimum atomic E-state index is -2.88. The number of halogens is 2. The second kappa shape index (κ2) is 17.0. The quantitative estimate of drug-likeness (QED) is 0.208. The summed E-state index contributed by atoms with van der Waals surface area (Å²) < 4.78 is 33.7. The van der Waals surface area contributed by atoms with Gasteiger partial charge in [-0.1, -0.05) is 57.5 Å². The molecule has 0 bridgehead atoms. The summed E-state index contributed by atoms with van der Waals surface area (Å²) in [6, 6.07) is 3.91. The zero-order chi connectivity index (χ0) is 41.0. The van der Waals surface area contributed by atoms with Gasteiger partial charge in [0.2, 0.25) is 35.3 Å². The van der Waals surface area contributed by atoms with Gasteiger partial charge in [-0.3, -0.25) is 28.8 Å². The number of alkyl carbamates (subject to hydrolysis) is 1. The van der Waals surface area contributed by atoms with E-state index >= 15 is 0 Å². The van der Waals surface area contributed by atoms with Crippen molar-refractivity contribution in [3.8, 4) is 0 Å². The number of Topliss-reactive ketones (excluding diaryl/α,β-unsaturated/α-hetero) is 1. The Labute approximate surface area is 321 Å². The van der Waals surface area contributed by atoms with Crippen molar-refractivity contribution in [2.24, 2.45) is 23.2 Å². The molecule has 14 nitrogen and oxygen atoms in total. The number of alkyl halides is 2. The first-order valence-electron chi connectivity index (χ1n) is 18.9. The number of ether oxygens (including phenoxy) is 1. The molecule has 3 fully saturated rings. The van der Waals surface area contributed by atoms with Crippen molar-refractivity contribution in [3.05, 3.63) is 35.9 Å². The fourth-order valence-electron chi connectivity index (χ4n) is 7.83. The molecule has 6 atom stereocenters. The zero-order valence-electron chi connectivity index (χ0n) is 33.0. The third-order valence-corrected chi connectivity index (χ3v) is 10.9. The van der Waals surface area contributed by atoms with Gasteiger partial charge in [-0.25, -0.2) is 13.6 Å². The number of carbonyl (C=O) groups is 7. The molecule has 16 heteroatoms. The molecule has 6 amide bonds. The van der Waals surface area contributed by atoms with Gasteiger partial charge in [0.25, 0.3) is 5.91 Å². The summed E-state index contributed by atoms with van der Waals surface area (Å²) >= 11 is 0. The van der Waals surface area contributed by atoms with Gasteiger partial charge in [0, 0.05) is 33.5 Å². The van der Waals surface area contributed by atoms with E-state index in [2.05, 4.69) is 21.3 Å². The average Bonchev–Trinajstić information content (AvgIpc) is 3.41. The Morgan fingerprint density at radius 1 is 0.964 bits per heavy atom. The van der Waals surface area contributed by atoms with Crippen LogP contribution in [0.4, 0.5) is 13.6 Å². The highest BCUT2D eigenvalue weighted by Gasteiger charge is 2.70. The van der Waals surface area contributed by atoms with Crippen LogP contribution in [0.1, 0.15) is 91.7 Å². The highest BCUT2D eigenvalue weighted by Crippen LogP contribution is 2.65. The maximum atomic E-state index is 14.3. The molecular formula is C39H56F2N6O8. The number of fused-ring (bicyclic) bond motifs is 1. The molecule has 0 spiro atoms. The topological polar surface area (TPSA) is 183 Å². The molecule has 1 aromatic rings. The Balaban J connectivity index is 1.47. The summed E-state index contributed by atoms with van der Waals surface area (Å²) in [6.07, 6.45) is -1.37. The van der Waals surface area contributed by atoms with E-state index in [4.69, 9.17) is 4.74 Å². The number of nitrogens with zero attached hydrogens (tertiary/aromatic N) is 2. The van der Waals surface area contributed by atoms with Crippen molar-refractivity contribution in [1.29, 1.82) is 0 Å². The Kier molecular flexibility index (Phi) is 13.3. The van der Waals surface area contributed by atoms with E-state index in [-0.39, 0.29) is 43.1 Å². The van der Waals surface area contributed by atoms with Crippen LogP contribution in [0.25, 0.3) is 0 Å². The smallest absolute Gasteiger partial charge is 0.408 e. The van der Waals surface area contributed by atoms with Crippen LogP contribution in [0.15, 0.2) is 30.3 Å². The van der Waals surface area contributed by atoms with Gasteiger partial charge >= 0.3 is 6.09 Å². The number of rotatable bonds is 14.